The highest BCUT2D eigenvalue weighted by Crippen LogP contribution is 3.02. The Morgan fingerprint density at radius 2 is 1.58 bits per heavy atom. The Morgan fingerprint density at radius 3 is 1.96 bits per heavy atom. The Balaban J connectivity index is 2.64. The minimum Gasteiger partial charge on any atom is -0.235 e. The predicted octanol–water partition coefficient (Wildman–Crippen LogP) is 7.32. The quantitative estimate of drug-likeness (QED) is 0.353. The maximum absolute atomic E-state index is 12.8. The first-order chi connectivity index (χ1) is 11.4. The largest absolute Gasteiger partial charge is 0.446 e. The summed E-state index contributed by atoms with van der Waals surface area (Å²) in [6.45, 7) is 0. The summed E-state index contributed by atoms with van der Waals surface area (Å²) in [4.78, 5) is -3.05. The van der Waals surface area contributed by atoms with Crippen LogP contribution in [0.1, 0.15) is 5.69 Å². The van der Waals surface area contributed by atoms with Crippen LogP contribution in [0.4, 0.5) is 32.6 Å². The molecule has 15 heteroatoms. The first-order valence-corrected chi connectivity index (χ1v) is 9.42. The monoisotopic (exact) mass is 463 g/mol. The van der Waals surface area contributed by atoms with Gasteiger partial charge in [-0.1, -0.05) is 42.6 Å². The second-order valence-electron chi connectivity index (χ2n) is 4.65. The molecule has 144 valence electrons. The Labute approximate surface area is 154 Å². The number of thioether (sulfide) groups is 1. The van der Waals surface area contributed by atoms with E-state index in [0.29, 0.717) is 10.9 Å². The normalized spacial score (nSPS) is 15.3. The molecule has 0 aliphatic carbocycles. The van der Waals surface area contributed by atoms with E-state index >= 15 is 0 Å². The Morgan fingerprint density at radius 1 is 1.08 bits per heavy atom. The van der Waals surface area contributed by atoms with Gasteiger partial charge in [0.15, 0.2) is 5.69 Å². The van der Waals surface area contributed by atoms with Crippen LogP contribution in [0.3, 0.4) is 0 Å². The van der Waals surface area contributed by atoms with Gasteiger partial charge in [0.05, 0.1) is 14.9 Å². The van der Waals surface area contributed by atoms with Crippen molar-refractivity contribution in [3.63, 3.8) is 0 Å². The zero-order valence-electron chi connectivity index (χ0n) is 11.7. The van der Waals surface area contributed by atoms with Crippen molar-refractivity contribution < 1.29 is 32.6 Å². The lowest BCUT2D eigenvalue weighted by molar-refractivity contribution is -0.0328. The van der Waals surface area contributed by atoms with Crippen molar-refractivity contribution in [2.24, 2.45) is 0 Å². The van der Waals surface area contributed by atoms with Crippen LogP contribution in [-0.2, 0) is 0 Å². The SMILES string of the molecule is N#Cc1nn(-c2c(Cl)cc(S(F)(F)(F)(F)F)cc2Cl)cc1SC(F)(F)F. The van der Waals surface area contributed by atoms with Crippen LogP contribution >= 0.6 is 45.2 Å². The maximum Gasteiger partial charge on any atom is 0.446 e. The fraction of sp³-hybridized carbons (Fsp3) is 0.0909. The molecule has 0 atom stereocenters. The molecule has 1 aromatic heterocycles. The molecule has 0 N–H and O–H groups in total. The van der Waals surface area contributed by atoms with E-state index in [1.54, 1.807) is 0 Å². The number of aromatic nitrogens is 2. The van der Waals surface area contributed by atoms with Crippen molar-refractivity contribution in [1.82, 2.24) is 9.78 Å². The molecule has 0 bridgehead atoms. The van der Waals surface area contributed by atoms with E-state index in [2.05, 4.69) is 5.10 Å². The average Bonchev–Trinajstić information content (AvgIpc) is 2.75. The van der Waals surface area contributed by atoms with Crippen molar-refractivity contribution in [2.45, 2.75) is 15.3 Å². The van der Waals surface area contributed by atoms with Crippen LogP contribution in [0.2, 0.25) is 10.0 Å². The number of hydrogen-bond acceptors (Lipinski definition) is 3. The summed E-state index contributed by atoms with van der Waals surface area (Å²) in [5.41, 5.74) is -6.08. The highest BCUT2D eigenvalue weighted by molar-refractivity contribution is 8.45. The molecular formula is C11H3Cl2F8N3S2. The van der Waals surface area contributed by atoms with E-state index < -0.39 is 58.7 Å². The minimum atomic E-state index is -10.1. The van der Waals surface area contributed by atoms with Gasteiger partial charge in [0.25, 0.3) is 0 Å². The molecule has 1 heterocycles. The Bertz CT molecular complexity index is 907. The second-order valence-corrected chi connectivity index (χ2v) is 8.98. The summed E-state index contributed by atoms with van der Waals surface area (Å²) in [7, 11) is -10.1. The molecule has 0 saturated heterocycles. The summed E-state index contributed by atoms with van der Waals surface area (Å²) in [5.74, 6) is 0. The number of hydrogen-bond donors (Lipinski definition) is 0. The Hall–Kier alpha value is -1.36. The van der Waals surface area contributed by atoms with Crippen molar-refractivity contribution in [1.29, 1.82) is 5.26 Å². The standard InChI is InChI=1S/C11H3Cl2F8N3S2/c12-6-1-5(26(17,18,19,20)21)2-7(13)10(6)24-4-9(8(3-22)23-24)25-11(14,15)16/h1-2,4H. The fourth-order valence-corrected chi connectivity index (χ4v) is 3.79. The van der Waals surface area contributed by atoms with Gasteiger partial charge in [-0.25, -0.2) is 4.68 Å². The summed E-state index contributed by atoms with van der Waals surface area (Å²) >= 11 is 10.4. The minimum absolute atomic E-state index is 0.116. The van der Waals surface area contributed by atoms with Crippen LogP contribution in [0.5, 0.6) is 0 Å². The molecule has 0 radical (unpaired) electrons. The molecule has 1 aromatic carbocycles. The molecule has 3 nitrogen and oxygen atoms in total. The first kappa shape index (κ1) is 20.9. The maximum atomic E-state index is 12.8. The predicted molar refractivity (Wildman–Crippen MR) is 81.6 cm³/mol. The third-order valence-electron chi connectivity index (χ3n) is 2.68. The van der Waals surface area contributed by atoms with E-state index in [4.69, 9.17) is 28.5 Å². The molecule has 2 aromatic rings. The number of halogens is 10. The van der Waals surface area contributed by atoms with Gasteiger partial charge in [0.1, 0.15) is 16.7 Å². The Kier molecular flexibility index (Phi) is 4.49. The van der Waals surface area contributed by atoms with Crippen LogP contribution in [0.25, 0.3) is 5.69 Å². The number of nitriles is 1. The van der Waals surface area contributed by atoms with Gasteiger partial charge >= 0.3 is 15.7 Å². The summed E-state index contributed by atoms with van der Waals surface area (Å²) in [6, 6.07) is 1.13. The van der Waals surface area contributed by atoms with Gasteiger partial charge in [-0.15, -0.1) is 0 Å². The van der Waals surface area contributed by atoms with Gasteiger partial charge in [0, 0.05) is 6.20 Å². The van der Waals surface area contributed by atoms with Crippen molar-refractivity contribution in [2.75, 3.05) is 0 Å². The summed E-state index contributed by atoms with van der Waals surface area (Å²) in [6.07, 6.45) is 0.642. The number of nitrogens with zero attached hydrogens (tertiary/aromatic N) is 3. The van der Waals surface area contributed by atoms with Gasteiger partial charge in [0.2, 0.25) is 0 Å². The van der Waals surface area contributed by atoms with Gasteiger partial charge < -0.3 is 0 Å². The molecule has 0 unspecified atom stereocenters. The fourth-order valence-electron chi connectivity index (χ4n) is 1.73. The molecule has 2 rings (SSSR count). The van der Waals surface area contributed by atoms with E-state index in [1.165, 1.54) is 6.07 Å². The summed E-state index contributed by atoms with van der Waals surface area (Å²) in [5, 5.41) is 10.4. The number of benzene rings is 1. The highest BCUT2D eigenvalue weighted by Gasteiger charge is 2.65. The van der Waals surface area contributed by atoms with E-state index in [-0.39, 0.29) is 12.1 Å². The third kappa shape index (κ3) is 4.67. The van der Waals surface area contributed by atoms with Crippen LogP contribution in [-0.4, -0.2) is 15.3 Å². The van der Waals surface area contributed by atoms with Crippen LogP contribution in [0, 0.1) is 11.3 Å². The van der Waals surface area contributed by atoms with E-state index in [9.17, 15) is 32.6 Å². The summed E-state index contributed by atoms with van der Waals surface area (Å²) < 4.78 is 102. The molecule has 0 spiro atoms. The smallest absolute Gasteiger partial charge is 0.235 e. The highest BCUT2D eigenvalue weighted by atomic mass is 35.5. The lowest BCUT2D eigenvalue weighted by Gasteiger charge is -2.40. The van der Waals surface area contributed by atoms with Gasteiger partial charge in [-0.05, 0) is 23.9 Å². The number of alkyl halides is 3. The average molecular weight is 464 g/mol. The van der Waals surface area contributed by atoms with Crippen molar-refractivity contribution >= 4 is 45.2 Å². The zero-order valence-corrected chi connectivity index (χ0v) is 14.8. The second kappa shape index (κ2) is 5.57. The van der Waals surface area contributed by atoms with E-state index in [0.717, 1.165) is 0 Å². The van der Waals surface area contributed by atoms with Crippen LogP contribution < -0.4 is 0 Å². The molecular weight excluding hydrogens is 461 g/mol. The zero-order chi connectivity index (χ0) is 20.2. The van der Waals surface area contributed by atoms with E-state index in [1.807, 2.05) is 0 Å². The molecule has 0 amide bonds. The van der Waals surface area contributed by atoms with Gasteiger partial charge in [-0.2, -0.15) is 23.5 Å². The molecule has 0 aliphatic heterocycles. The lowest BCUT2D eigenvalue weighted by Crippen LogP contribution is -2.07. The molecule has 0 aliphatic rings. The topological polar surface area (TPSA) is 41.6 Å². The first-order valence-electron chi connectivity index (χ1n) is 5.90. The third-order valence-corrected chi connectivity index (χ3v) is 5.13. The number of rotatable bonds is 3. The van der Waals surface area contributed by atoms with Crippen molar-refractivity contribution in [3.05, 3.63) is 34.1 Å². The molecule has 0 saturated carbocycles. The van der Waals surface area contributed by atoms with Gasteiger partial charge in [-0.3, -0.25) is 0 Å². The van der Waals surface area contributed by atoms with Crippen LogP contribution in [0.15, 0.2) is 28.1 Å². The lowest BCUT2D eigenvalue weighted by atomic mass is 10.3. The van der Waals surface area contributed by atoms with Crippen molar-refractivity contribution in [3.8, 4) is 11.8 Å². The molecule has 0 fully saturated rings. The molecule has 26 heavy (non-hydrogen) atoms.